The van der Waals surface area contributed by atoms with Gasteiger partial charge in [-0.2, -0.15) is 0 Å². The molecule has 0 saturated carbocycles. The molecule has 2 aromatic rings. The van der Waals surface area contributed by atoms with Gasteiger partial charge in [-0.3, -0.25) is 9.69 Å². The van der Waals surface area contributed by atoms with Crippen molar-refractivity contribution in [3.05, 3.63) is 43.7 Å². The Morgan fingerprint density at radius 1 is 1.32 bits per heavy atom. The van der Waals surface area contributed by atoms with Gasteiger partial charge in [-0.15, -0.1) is 22.7 Å². The van der Waals surface area contributed by atoms with Gasteiger partial charge in [0.25, 0.3) is 0 Å². The molecule has 1 fully saturated rings. The fourth-order valence-electron chi connectivity index (χ4n) is 2.95. The molecular formula is C18H23ClN2O2S2. The molecule has 7 heteroatoms. The van der Waals surface area contributed by atoms with Gasteiger partial charge in [0.15, 0.2) is 0 Å². The van der Waals surface area contributed by atoms with E-state index in [1.165, 1.54) is 16.2 Å². The molecule has 1 atom stereocenters. The molecule has 1 aliphatic heterocycles. The maximum Gasteiger partial charge on any atom is 0.236 e. The molecule has 0 spiro atoms. The first kappa shape index (κ1) is 18.9. The van der Waals surface area contributed by atoms with Gasteiger partial charge in [0.2, 0.25) is 5.91 Å². The molecule has 3 rings (SSSR count). The molecule has 1 saturated heterocycles. The molecule has 1 amide bonds. The molecule has 0 aromatic carbocycles. The normalized spacial score (nSPS) is 17.3. The number of carbonyl (C=O) groups excluding carboxylic acids is 1. The van der Waals surface area contributed by atoms with Crippen molar-refractivity contribution in [2.24, 2.45) is 0 Å². The second-order valence-electron chi connectivity index (χ2n) is 6.34. The quantitative estimate of drug-likeness (QED) is 0.671. The van der Waals surface area contributed by atoms with Crippen molar-refractivity contribution < 1.29 is 9.53 Å². The Bertz CT molecular complexity index is 668. The zero-order valence-corrected chi connectivity index (χ0v) is 16.7. The SMILES string of the molecule is CN(Cc1ccc(Cl)s1)C(=O)CN(Cc1cccs1)CC1CCCO1. The Kier molecular flexibility index (Phi) is 6.90. The molecule has 1 aliphatic rings. The lowest BCUT2D eigenvalue weighted by molar-refractivity contribution is -0.132. The van der Waals surface area contributed by atoms with Crippen LogP contribution in [0.3, 0.4) is 0 Å². The van der Waals surface area contributed by atoms with Crippen LogP contribution in [0.2, 0.25) is 4.34 Å². The Morgan fingerprint density at radius 3 is 2.84 bits per heavy atom. The molecule has 0 N–H and O–H groups in total. The summed E-state index contributed by atoms with van der Waals surface area (Å²) in [5.41, 5.74) is 0. The number of likely N-dealkylation sites (N-methyl/N-ethyl adjacent to an activating group) is 1. The summed E-state index contributed by atoms with van der Waals surface area (Å²) in [6.07, 6.45) is 2.44. The van der Waals surface area contributed by atoms with Crippen LogP contribution in [0.15, 0.2) is 29.6 Å². The maximum absolute atomic E-state index is 12.7. The van der Waals surface area contributed by atoms with Gasteiger partial charge in [0, 0.05) is 36.5 Å². The highest BCUT2D eigenvalue weighted by Crippen LogP contribution is 2.22. The number of rotatable bonds is 8. The second-order valence-corrected chi connectivity index (χ2v) is 9.17. The van der Waals surface area contributed by atoms with Gasteiger partial charge in [-0.25, -0.2) is 0 Å². The van der Waals surface area contributed by atoms with Crippen LogP contribution >= 0.6 is 34.3 Å². The smallest absolute Gasteiger partial charge is 0.236 e. The molecule has 4 nitrogen and oxygen atoms in total. The zero-order chi connectivity index (χ0) is 17.6. The summed E-state index contributed by atoms with van der Waals surface area (Å²) in [5.74, 6) is 0.124. The van der Waals surface area contributed by atoms with E-state index in [0.717, 1.165) is 41.8 Å². The average molecular weight is 399 g/mol. The van der Waals surface area contributed by atoms with Crippen LogP contribution < -0.4 is 0 Å². The van der Waals surface area contributed by atoms with Crippen molar-refractivity contribution in [3.63, 3.8) is 0 Å². The van der Waals surface area contributed by atoms with E-state index in [4.69, 9.17) is 16.3 Å². The van der Waals surface area contributed by atoms with E-state index in [-0.39, 0.29) is 12.0 Å². The van der Waals surface area contributed by atoms with Crippen molar-refractivity contribution in [1.29, 1.82) is 0 Å². The number of hydrogen-bond donors (Lipinski definition) is 0. The lowest BCUT2D eigenvalue weighted by Gasteiger charge is -2.26. The lowest BCUT2D eigenvalue weighted by atomic mass is 10.2. The van der Waals surface area contributed by atoms with Crippen LogP contribution in [-0.2, 0) is 22.6 Å². The van der Waals surface area contributed by atoms with Crippen LogP contribution in [0.25, 0.3) is 0 Å². The first-order valence-electron chi connectivity index (χ1n) is 8.44. The van der Waals surface area contributed by atoms with Crippen molar-refractivity contribution >= 4 is 40.2 Å². The van der Waals surface area contributed by atoms with Crippen molar-refractivity contribution in [3.8, 4) is 0 Å². The Balaban J connectivity index is 1.58. The van der Waals surface area contributed by atoms with E-state index in [2.05, 4.69) is 22.4 Å². The number of thiophene rings is 2. The van der Waals surface area contributed by atoms with E-state index in [9.17, 15) is 4.79 Å². The predicted molar refractivity (Wildman–Crippen MR) is 104 cm³/mol. The van der Waals surface area contributed by atoms with E-state index in [1.807, 2.05) is 19.2 Å². The zero-order valence-electron chi connectivity index (χ0n) is 14.3. The van der Waals surface area contributed by atoms with Crippen molar-refractivity contribution in [2.75, 3.05) is 26.7 Å². The van der Waals surface area contributed by atoms with E-state index in [1.54, 1.807) is 16.2 Å². The summed E-state index contributed by atoms with van der Waals surface area (Å²) in [6.45, 7) is 3.45. The summed E-state index contributed by atoms with van der Waals surface area (Å²) in [7, 11) is 1.85. The highest BCUT2D eigenvalue weighted by atomic mass is 35.5. The molecular weight excluding hydrogens is 376 g/mol. The maximum atomic E-state index is 12.7. The van der Waals surface area contributed by atoms with Crippen LogP contribution in [0.4, 0.5) is 0 Å². The van der Waals surface area contributed by atoms with E-state index < -0.39 is 0 Å². The molecule has 0 bridgehead atoms. The van der Waals surface area contributed by atoms with Crippen molar-refractivity contribution in [1.82, 2.24) is 9.80 Å². The third kappa shape index (κ3) is 5.79. The predicted octanol–water partition coefficient (Wildman–Crippen LogP) is 4.10. The highest BCUT2D eigenvalue weighted by Gasteiger charge is 2.22. The minimum Gasteiger partial charge on any atom is -0.377 e. The van der Waals surface area contributed by atoms with Gasteiger partial charge < -0.3 is 9.64 Å². The molecule has 2 aromatic heterocycles. The topological polar surface area (TPSA) is 32.8 Å². The molecule has 3 heterocycles. The number of nitrogens with zero attached hydrogens (tertiary/aromatic N) is 2. The largest absolute Gasteiger partial charge is 0.377 e. The molecule has 0 radical (unpaired) electrons. The third-order valence-electron chi connectivity index (χ3n) is 4.25. The van der Waals surface area contributed by atoms with Gasteiger partial charge in [0.1, 0.15) is 0 Å². The fourth-order valence-corrected chi connectivity index (χ4v) is 4.84. The number of amides is 1. The first-order valence-corrected chi connectivity index (χ1v) is 10.5. The van der Waals surface area contributed by atoms with Gasteiger partial charge in [0.05, 0.1) is 23.5 Å². The molecule has 136 valence electrons. The van der Waals surface area contributed by atoms with Gasteiger partial charge >= 0.3 is 0 Å². The van der Waals surface area contributed by atoms with E-state index in [0.29, 0.717) is 13.1 Å². The van der Waals surface area contributed by atoms with Crippen LogP contribution in [-0.4, -0.2) is 48.6 Å². The monoisotopic (exact) mass is 398 g/mol. The first-order chi connectivity index (χ1) is 12.1. The van der Waals surface area contributed by atoms with Gasteiger partial charge in [-0.05, 0) is 36.4 Å². The Labute approximate surface area is 162 Å². The minimum absolute atomic E-state index is 0.124. The molecule has 25 heavy (non-hydrogen) atoms. The minimum atomic E-state index is 0.124. The Hall–Kier alpha value is -0.920. The van der Waals surface area contributed by atoms with Crippen LogP contribution in [0.5, 0.6) is 0 Å². The molecule has 1 unspecified atom stereocenters. The summed E-state index contributed by atoms with van der Waals surface area (Å²) in [6, 6.07) is 8.03. The number of hydrogen-bond acceptors (Lipinski definition) is 5. The van der Waals surface area contributed by atoms with E-state index >= 15 is 0 Å². The van der Waals surface area contributed by atoms with Gasteiger partial charge in [-0.1, -0.05) is 17.7 Å². The Morgan fingerprint density at radius 2 is 2.20 bits per heavy atom. The summed E-state index contributed by atoms with van der Waals surface area (Å²) in [5, 5.41) is 2.08. The van der Waals surface area contributed by atoms with Crippen LogP contribution in [0, 0.1) is 0 Å². The number of ether oxygens (including phenoxy) is 1. The standard InChI is InChI=1S/C18H23ClN2O2S2/c1-20(11-16-6-7-17(19)25-16)18(22)13-21(10-14-4-2-8-23-14)12-15-5-3-9-24-15/h3,5-7,9,14H,2,4,8,10-13H2,1H3. The number of carbonyl (C=O) groups is 1. The van der Waals surface area contributed by atoms with Crippen molar-refractivity contribution in [2.45, 2.75) is 32.0 Å². The summed E-state index contributed by atoms with van der Waals surface area (Å²) < 4.78 is 6.52. The highest BCUT2D eigenvalue weighted by molar-refractivity contribution is 7.16. The average Bonchev–Trinajstić information content (AvgIpc) is 3.31. The number of halogens is 1. The summed E-state index contributed by atoms with van der Waals surface area (Å²) in [4.78, 5) is 19.1. The lowest BCUT2D eigenvalue weighted by Crippen LogP contribution is -2.40. The third-order valence-corrected chi connectivity index (χ3v) is 6.33. The van der Waals surface area contributed by atoms with Crippen LogP contribution in [0.1, 0.15) is 22.6 Å². The fraction of sp³-hybridized carbons (Fsp3) is 0.500. The summed E-state index contributed by atoms with van der Waals surface area (Å²) >= 11 is 9.23. The molecule has 0 aliphatic carbocycles. The second kappa shape index (κ2) is 9.14.